The van der Waals surface area contributed by atoms with E-state index in [0.29, 0.717) is 25.2 Å². The summed E-state index contributed by atoms with van der Waals surface area (Å²) in [5, 5.41) is 10.3. The zero-order valence-electron chi connectivity index (χ0n) is 14.1. The number of aryl methyl sites for hydroxylation is 1. The van der Waals surface area contributed by atoms with Crippen LogP contribution >= 0.6 is 11.8 Å². The van der Waals surface area contributed by atoms with Gasteiger partial charge in [0.25, 0.3) is 0 Å². The summed E-state index contributed by atoms with van der Waals surface area (Å²) in [6.45, 7) is 3.03. The van der Waals surface area contributed by atoms with E-state index in [4.69, 9.17) is 9.47 Å². The molecule has 1 aliphatic heterocycles. The second-order valence-electron chi connectivity index (χ2n) is 6.19. The zero-order chi connectivity index (χ0) is 17.6. The lowest BCUT2D eigenvalue weighted by Gasteiger charge is -2.14. The van der Waals surface area contributed by atoms with Gasteiger partial charge in [-0.25, -0.2) is 4.79 Å². The predicted octanol–water partition coefficient (Wildman–Crippen LogP) is 3.56. The summed E-state index contributed by atoms with van der Waals surface area (Å²) in [7, 11) is 0. The number of hydrogen-bond acceptors (Lipinski definition) is 5. The van der Waals surface area contributed by atoms with Gasteiger partial charge in [0, 0.05) is 11.7 Å². The molecule has 0 aliphatic carbocycles. The average molecular weight is 358 g/mol. The van der Waals surface area contributed by atoms with E-state index < -0.39 is 17.5 Å². The summed E-state index contributed by atoms with van der Waals surface area (Å²) < 4.78 is 11.2. The van der Waals surface area contributed by atoms with E-state index in [2.05, 4.69) is 0 Å². The molecule has 2 unspecified atom stereocenters. The first-order chi connectivity index (χ1) is 12.1. The van der Waals surface area contributed by atoms with E-state index in [1.165, 1.54) is 11.8 Å². The van der Waals surface area contributed by atoms with Crippen LogP contribution in [-0.4, -0.2) is 34.5 Å². The van der Waals surface area contributed by atoms with Crippen LogP contribution in [0.4, 0.5) is 0 Å². The number of esters is 1. The van der Waals surface area contributed by atoms with Gasteiger partial charge in [-0.15, -0.1) is 11.8 Å². The third-order valence-corrected chi connectivity index (χ3v) is 5.40. The van der Waals surface area contributed by atoms with Crippen molar-refractivity contribution in [2.75, 3.05) is 6.61 Å². The molecule has 0 amide bonds. The number of aliphatic hydroxyl groups excluding tert-OH is 1. The van der Waals surface area contributed by atoms with E-state index >= 15 is 0 Å². The van der Waals surface area contributed by atoms with Crippen LogP contribution in [0.2, 0.25) is 0 Å². The number of benzene rings is 2. The number of aliphatic hydroxyl groups is 1. The van der Waals surface area contributed by atoms with Crippen molar-refractivity contribution in [1.29, 1.82) is 0 Å². The SMILES string of the molecule is Cc1ccc(C(=O)OC2C[C@@H](COCc3ccccc3)SC2O)cc1. The Morgan fingerprint density at radius 2 is 1.88 bits per heavy atom. The molecule has 0 aromatic heterocycles. The molecule has 0 spiro atoms. The molecule has 25 heavy (non-hydrogen) atoms. The Kier molecular flexibility index (Phi) is 6.13. The van der Waals surface area contributed by atoms with Crippen molar-refractivity contribution < 1.29 is 19.4 Å². The zero-order valence-corrected chi connectivity index (χ0v) is 14.9. The maximum atomic E-state index is 12.2. The molecule has 0 saturated carbocycles. The minimum Gasteiger partial charge on any atom is -0.455 e. The van der Waals surface area contributed by atoms with E-state index in [0.717, 1.165) is 11.1 Å². The van der Waals surface area contributed by atoms with Gasteiger partial charge in [-0.2, -0.15) is 0 Å². The average Bonchev–Trinajstić information content (AvgIpc) is 2.96. The Labute approximate surface area is 152 Å². The van der Waals surface area contributed by atoms with Crippen molar-refractivity contribution >= 4 is 17.7 Å². The first-order valence-electron chi connectivity index (χ1n) is 8.34. The Morgan fingerprint density at radius 3 is 2.60 bits per heavy atom. The number of carbonyl (C=O) groups is 1. The Hall–Kier alpha value is -1.82. The fourth-order valence-corrected chi connectivity index (χ4v) is 3.92. The lowest BCUT2D eigenvalue weighted by Crippen LogP contribution is -2.25. The van der Waals surface area contributed by atoms with Crippen LogP contribution in [-0.2, 0) is 16.1 Å². The van der Waals surface area contributed by atoms with E-state index in [1.807, 2.05) is 49.4 Å². The number of ether oxygens (including phenoxy) is 2. The molecule has 0 radical (unpaired) electrons. The second kappa shape index (κ2) is 8.52. The first-order valence-corrected chi connectivity index (χ1v) is 9.29. The minimum atomic E-state index is -0.709. The molecule has 132 valence electrons. The van der Waals surface area contributed by atoms with Gasteiger partial charge in [-0.1, -0.05) is 48.0 Å². The lowest BCUT2D eigenvalue weighted by atomic mass is 10.1. The normalized spacial score (nSPS) is 22.7. The van der Waals surface area contributed by atoms with Crippen molar-refractivity contribution in [2.45, 2.75) is 36.7 Å². The Morgan fingerprint density at radius 1 is 1.16 bits per heavy atom. The minimum absolute atomic E-state index is 0.120. The Bertz CT molecular complexity index is 687. The van der Waals surface area contributed by atoms with Crippen molar-refractivity contribution in [1.82, 2.24) is 0 Å². The van der Waals surface area contributed by atoms with Crippen LogP contribution in [0.5, 0.6) is 0 Å². The quantitative estimate of drug-likeness (QED) is 0.800. The van der Waals surface area contributed by atoms with Crippen molar-refractivity contribution in [3.05, 3.63) is 71.3 Å². The summed E-state index contributed by atoms with van der Waals surface area (Å²) >= 11 is 1.40. The maximum Gasteiger partial charge on any atom is 0.338 e. The number of rotatable bonds is 6. The standard InChI is InChI=1S/C20H22O4S/c1-14-7-9-16(10-8-14)19(21)24-18-11-17(25-20(18)22)13-23-12-15-5-3-2-4-6-15/h2-10,17-18,20,22H,11-13H2,1H3/t17-,18?,20?/m0/s1. The molecular weight excluding hydrogens is 336 g/mol. The highest BCUT2D eigenvalue weighted by atomic mass is 32.2. The molecule has 4 nitrogen and oxygen atoms in total. The van der Waals surface area contributed by atoms with E-state index in [-0.39, 0.29) is 5.25 Å². The molecule has 2 aromatic carbocycles. The molecule has 0 bridgehead atoms. The molecule has 3 atom stereocenters. The van der Waals surface area contributed by atoms with Gasteiger partial charge in [-0.3, -0.25) is 0 Å². The first kappa shape index (κ1) is 18.0. The van der Waals surface area contributed by atoms with E-state index in [1.54, 1.807) is 12.1 Å². The molecule has 1 aliphatic rings. The number of thioether (sulfide) groups is 1. The summed E-state index contributed by atoms with van der Waals surface area (Å²) in [4.78, 5) is 12.2. The predicted molar refractivity (Wildman–Crippen MR) is 98.5 cm³/mol. The Balaban J connectivity index is 1.46. The third-order valence-electron chi connectivity index (χ3n) is 4.11. The summed E-state index contributed by atoms with van der Waals surface area (Å²) in [5.41, 5.74) is 2.00. The van der Waals surface area contributed by atoms with Gasteiger partial charge in [0.2, 0.25) is 0 Å². The lowest BCUT2D eigenvalue weighted by molar-refractivity contribution is 0.00620. The van der Waals surface area contributed by atoms with Crippen LogP contribution in [0.3, 0.4) is 0 Å². The number of carbonyl (C=O) groups excluding carboxylic acids is 1. The molecule has 1 heterocycles. The maximum absolute atomic E-state index is 12.2. The molecule has 2 aromatic rings. The fourth-order valence-electron chi connectivity index (χ4n) is 2.71. The molecule has 5 heteroatoms. The monoisotopic (exact) mass is 358 g/mol. The highest BCUT2D eigenvalue weighted by molar-refractivity contribution is 8.00. The topological polar surface area (TPSA) is 55.8 Å². The molecule has 1 fully saturated rings. The van der Waals surface area contributed by atoms with Gasteiger partial charge in [-0.05, 0) is 24.6 Å². The van der Waals surface area contributed by atoms with Crippen LogP contribution in [0.15, 0.2) is 54.6 Å². The molecule has 3 rings (SSSR count). The van der Waals surface area contributed by atoms with Gasteiger partial charge in [0.05, 0.1) is 18.8 Å². The molecular formula is C20H22O4S. The number of hydrogen-bond donors (Lipinski definition) is 1. The highest BCUT2D eigenvalue weighted by Crippen LogP contribution is 2.35. The van der Waals surface area contributed by atoms with Gasteiger partial charge in [0.15, 0.2) is 0 Å². The van der Waals surface area contributed by atoms with Crippen molar-refractivity contribution in [2.24, 2.45) is 0 Å². The van der Waals surface area contributed by atoms with Crippen LogP contribution in [0.25, 0.3) is 0 Å². The van der Waals surface area contributed by atoms with Gasteiger partial charge >= 0.3 is 5.97 Å². The van der Waals surface area contributed by atoms with Crippen molar-refractivity contribution in [3.63, 3.8) is 0 Å². The third kappa shape index (κ3) is 5.08. The van der Waals surface area contributed by atoms with Gasteiger partial charge < -0.3 is 14.6 Å². The van der Waals surface area contributed by atoms with Crippen molar-refractivity contribution in [3.8, 4) is 0 Å². The summed E-state index contributed by atoms with van der Waals surface area (Å²) in [6.07, 6.45) is 0.0993. The smallest absolute Gasteiger partial charge is 0.338 e. The van der Waals surface area contributed by atoms with Gasteiger partial charge in [0.1, 0.15) is 11.5 Å². The van der Waals surface area contributed by atoms with Crippen LogP contribution < -0.4 is 0 Å². The molecule has 1 N–H and O–H groups in total. The highest BCUT2D eigenvalue weighted by Gasteiger charge is 2.36. The summed E-state index contributed by atoms with van der Waals surface area (Å²) in [5.74, 6) is -0.393. The fraction of sp³-hybridized carbons (Fsp3) is 0.350. The molecule has 1 saturated heterocycles. The van der Waals surface area contributed by atoms with Crippen LogP contribution in [0.1, 0.15) is 27.9 Å². The summed E-state index contributed by atoms with van der Waals surface area (Å²) in [6, 6.07) is 17.2. The largest absolute Gasteiger partial charge is 0.455 e. The van der Waals surface area contributed by atoms with E-state index in [9.17, 15) is 9.90 Å². The second-order valence-corrected chi connectivity index (χ2v) is 7.62. The van der Waals surface area contributed by atoms with Crippen LogP contribution in [0, 0.1) is 6.92 Å².